The van der Waals surface area contributed by atoms with Gasteiger partial charge in [-0.15, -0.1) is 0 Å². The first kappa shape index (κ1) is 12.6. The molecular weight excluding hydrogens is 238 g/mol. The largest absolute Gasteiger partial charge is 0.478 e. The van der Waals surface area contributed by atoms with Gasteiger partial charge in [0, 0.05) is 11.8 Å². The third kappa shape index (κ3) is 4.13. The number of piperidine rings is 1. The number of aromatic nitrogens is 2. The van der Waals surface area contributed by atoms with Gasteiger partial charge >= 0.3 is 0 Å². The molecule has 1 aromatic rings. The highest BCUT2D eigenvalue weighted by molar-refractivity contribution is 6.28. The lowest BCUT2D eigenvalue weighted by Gasteiger charge is -2.22. The summed E-state index contributed by atoms with van der Waals surface area (Å²) in [6.07, 6.45) is 3.62. The van der Waals surface area contributed by atoms with Gasteiger partial charge < -0.3 is 10.1 Å². The van der Waals surface area contributed by atoms with Gasteiger partial charge in [-0.1, -0.05) is 0 Å². The topological polar surface area (TPSA) is 47.0 Å². The molecule has 5 heteroatoms. The molecule has 0 bridgehead atoms. The van der Waals surface area contributed by atoms with E-state index in [0.717, 1.165) is 31.1 Å². The smallest absolute Gasteiger partial charge is 0.225 e. The number of hydrogen-bond donors (Lipinski definition) is 1. The van der Waals surface area contributed by atoms with Crippen LogP contribution in [-0.2, 0) is 0 Å². The number of halogens is 1. The second kappa shape index (κ2) is 6.17. The Morgan fingerprint density at radius 1 is 1.53 bits per heavy atom. The molecular formula is C12H18ClN3O. The molecule has 0 aliphatic carbocycles. The minimum absolute atomic E-state index is 0.249. The predicted molar refractivity (Wildman–Crippen MR) is 67.5 cm³/mol. The van der Waals surface area contributed by atoms with Crippen LogP contribution in [0.5, 0.6) is 5.88 Å². The number of ether oxygens (including phenoxy) is 1. The molecule has 2 rings (SSSR count). The number of nitrogens with one attached hydrogen (secondary N) is 1. The fourth-order valence-electron chi connectivity index (χ4n) is 2.08. The summed E-state index contributed by atoms with van der Waals surface area (Å²) in [5, 5.41) is 3.65. The van der Waals surface area contributed by atoms with Crippen LogP contribution in [0.1, 0.15) is 25.0 Å². The zero-order chi connectivity index (χ0) is 12.1. The van der Waals surface area contributed by atoms with Crippen LogP contribution in [0.3, 0.4) is 0 Å². The van der Waals surface area contributed by atoms with Gasteiger partial charge in [0.25, 0.3) is 0 Å². The van der Waals surface area contributed by atoms with Crippen LogP contribution in [0.15, 0.2) is 6.07 Å². The number of rotatable bonds is 4. The average molecular weight is 256 g/mol. The third-order valence-corrected chi connectivity index (χ3v) is 3.15. The molecule has 1 atom stereocenters. The molecule has 0 aromatic carbocycles. The second-order valence-electron chi connectivity index (χ2n) is 4.47. The van der Waals surface area contributed by atoms with E-state index in [1.807, 2.05) is 13.0 Å². The Morgan fingerprint density at radius 2 is 2.41 bits per heavy atom. The van der Waals surface area contributed by atoms with Crippen molar-refractivity contribution in [3.8, 4) is 5.88 Å². The first-order valence-electron chi connectivity index (χ1n) is 6.09. The van der Waals surface area contributed by atoms with Crippen molar-refractivity contribution in [3.05, 3.63) is 17.0 Å². The molecule has 1 aromatic heterocycles. The molecule has 0 saturated carbocycles. The highest BCUT2D eigenvalue weighted by atomic mass is 35.5. The summed E-state index contributed by atoms with van der Waals surface area (Å²) < 4.78 is 5.61. The van der Waals surface area contributed by atoms with E-state index < -0.39 is 0 Å². The van der Waals surface area contributed by atoms with Gasteiger partial charge in [-0.25, -0.2) is 4.98 Å². The van der Waals surface area contributed by atoms with Crippen LogP contribution in [0.25, 0.3) is 0 Å². The van der Waals surface area contributed by atoms with Crippen LogP contribution in [0, 0.1) is 12.8 Å². The van der Waals surface area contributed by atoms with Crippen LogP contribution < -0.4 is 10.1 Å². The van der Waals surface area contributed by atoms with Gasteiger partial charge in [-0.05, 0) is 56.8 Å². The summed E-state index contributed by atoms with van der Waals surface area (Å²) in [6, 6.07) is 1.81. The molecule has 4 nitrogen and oxygen atoms in total. The molecule has 1 saturated heterocycles. The number of hydrogen-bond acceptors (Lipinski definition) is 4. The van der Waals surface area contributed by atoms with Gasteiger partial charge in [0.05, 0.1) is 6.61 Å². The van der Waals surface area contributed by atoms with Crippen molar-refractivity contribution >= 4 is 11.6 Å². The Morgan fingerprint density at radius 3 is 3.12 bits per heavy atom. The molecule has 1 aliphatic rings. The van der Waals surface area contributed by atoms with E-state index in [4.69, 9.17) is 16.3 Å². The fourth-order valence-corrected chi connectivity index (χ4v) is 2.30. The Labute approximate surface area is 107 Å². The Balaban J connectivity index is 1.77. The number of aryl methyl sites for hydroxylation is 1. The highest BCUT2D eigenvalue weighted by Gasteiger charge is 2.12. The maximum atomic E-state index is 5.77. The normalized spacial score (nSPS) is 20.2. The van der Waals surface area contributed by atoms with Gasteiger partial charge in [-0.2, -0.15) is 4.98 Å². The van der Waals surface area contributed by atoms with E-state index in [1.165, 1.54) is 12.8 Å². The highest BCUT2D eigenvalue weighted by Crippen LogP contribution is 2.16. The maximum Gasteiger partial charge on any atom is 0.225 e. The Kier molecular flexibility index (Phi) is 4.57. The average Bonchev–Trinajstić information content (AvgIpc) is 2.29. The van der Waals surface area contributed by atoms with Crippen LogP contribution in [-0.4, -0.2) is 29.7 Å². The monoisotopic (exact) mass is 255 g/mol. The van der Waals surface area contributed by atoms with E-state index in [0.29, 0.717) is 12.5 Å². The second-order valence-corrected chi connectivity index (χ2v) is 4.80. The third-order valence-electron chi connectivity index (χ3n) is 2.98. The van der Waals surface area contributed by atoms with E-state index in [2.05, 4.69) is 15.3 Å². The SMILES string of the molecule is Cc1cc(OCC[C@H]2CCCNC2)nc(Cl)n1. The minimum Gasteiger partial charge on any atom is -0.478 e. The molecule has 17 heavy (non-hydrogen) atoms. The van der Waals surface area contributed by atoms with E-state index in [1.54, 1.807) is 0 Å². The first-order chi connectivity index (χ1) is 8.24. The van der Waals surface area contributed by atoms with Crippen molar-refractivity contribution in [2.45, 2.75) is 26.2 Å². The van der Waals surface area contributed by atoms with E-state index in [-0.39, 0.29) is 5.28 Å². The van der Waals surface area contributed by atoms with Crippen molar-refractivity contribution in [2.24, 2.45) is 5.92 Å². The maximum absolute atomic E-state index is 5.77. The van der Waals surface area contributed by atoms with Crippen LogP contribution in [0.2, 0.25) is 5.28 Å². The van der Waals surface area contributed by atoms with Gasteiger partial charge in [0.2, 0.25) is 11.2 Å². The molecule has 1 fully saturated rings. The molecule has 1 N–H and O–H groups in total. The van der Waals surface area contributed by atoms with E-state index in [9.17, 15) is 0 Å². The summed E-state index contributed by atoms with van der Waals surface area (Å²) in [7, 11) is 0. The summed E-state index contributed by atoms with van der Waals surface area (Å²) >= 11 is 5.77. The van der Waals surface area contributed by atoms with Crippen LogP contribution >= 0.6 is 11.6 Å². The lowest BCUT2D eigenvalue weighted by Crippen LogP contribution is -2.30. The Hall–Kier alpha value is -0.870. The van der Waals surface area contributed by atoms with Gasteiger partial charge in [0.15, 0.2) is 0 Å². The first-order valence-corrected chi connectivity index (χ1v) is 6.46. The molecule has 0 spiro atoms. The Bertz CT molecular complexity index is 347. The van der Waals surface area contributed by atoms with E-state index >= 15 is 0 Å². The fraction of sp³-hybridized carbons (Fsp3) is 0.667. The zero-order valence-electron chi connectivity index (χ0n) is 10.1. The quantitative estimate of drug-likeness (QED) is 0.838. The standard InChI is InChI=1S/C12H18ClN3O/c1-9-7-11(16-12(13)15-9)17-6-4-10-3-2-5-14-8-10/h7,10,14H,2-6,8H2,1H3/t10-/m1/s1. The van der Waals surface area contributed by atoms with Gasteiger partial charge in [-0.3, -0.25) is 0 Å². The summed E-state index contributed by atoms with van der Waals surface area (Å²) in [4.78, 5) is 8.03. The molecule has 1 aliphatic heterocycles. The summed E-state index contributed by atoms with van der Waals surface area (Å²) in [5.41, 5.74) is 0.833. The minimum atomic E-state index is 0.249. The van der Waals surface area contributed by atoms with Crippen molar-refractivity contribution < 1.29 is 4.74 Å². The van der Waals surface area contributed by atoms with Crippen LogP contribution in [0.4, 0.5) is 0 Å². The molecule has 0 amide bonds. The zero-order valence-corrected chi connectivity index (χ0v) is 10.8. The predicted octanol–water partition coefficient (Wildman–Crippen LogP) is 2.21. The van der Waals surface area contributed by atoms with Gasteiger partial charge in [0.1, 0.15) is 0 Å². The lowest BCUT2D eigenvalue weighted by atomic mass is 9.97. The summed E-state index contributed by atoms with van der Waals surface area (Å²) in [6.45, 7) is 4.83. The molecule has 2 heterocycles. The summed E-state index contributed by atoms with van der Waals surface area (Å²) in [5.74, 6) is 1.30. The number of nitrogens with zero attached hydrogens (tertiary/aromatic N) is 2. The van der Waals surface area contributed by atoms with Crippen molar-refractivity contribution in [2.75, 3.05) is 19.7 Å². The van der Waals surface area contributed by atoms with Crippen molar-refractivity contribution in [1.29, 1.82) is 0 Å². The molecule has 94 valence electrons. The molecule has 0 unspecified atom stereocenters. The lowest BCUT2D eigenvalue weighted by molar-refractivity contribution is 0.247. The van der Waals surface area contributed by atoms with Crippen molar-refractivity contribution in [1.82, 2.24) is 15.3 Å². The van der Waals surface area contributed by atoms with Crippen molar-refractivity contribution in [3.63, 3.8) is 0 Å². The molecule has 0 radical (unpaired) electrons.